The van der Waals surface area contributed by atoms with Crippen LogP contribution in [0.5, 0.6) is 0 Å². The molecule has 2 unspecified atom stereocenters. The molecule has 2 aliphatic rings. The first-order chi connectivity index (χ1) is 14.9. The molecule has 0 aromatic carbocycles. The molecule has 1 saturated carbocycles. The van der Waals surface area contributed by atoms with Gasteiger partial charge in [0, 0.05) is 67.8 Å². The van der Waals surface area contributed by atoms with Crippen LogP contribution >= 0.6 is 11.3 Å². The summed E-state index contributed by atoms with van der Waals surface area (Å²) in [6.07, 6.45) is 3.05. The summed E-state index contributed by atoms with van der Waals surface area (Å²) in [6, 6.07) is 7.02. The maximum absolute atomic E-state index is 14.2. The van der Waals surface area contributed by atoms with Gasteiger partial charge in [-0.25, -0.2) is 9.37 Å². The highest BCUT2D eigenvalue weighted by atomic mass is 32.1. The number of fused-ring (bicyclic) bond motifs is 1. The van der Waals surface area contributed by atoms with Gasteiger partial charge < -0.3 is 9.80 Å². The molecule has 0 radical (unpaired) electrons. The zero-order valence-corrected chi connectivity index (χ0v) is 18.1. The average molecular weight is 440 g/mol. The van der Waals surface area contributed by atoms with Crippen LogP contribution in [0.15, 0.2) is 46.8 Å². The third-order valence-electron chi connectivity index (χ3n) is 6.33. The fourth-order valence-electron chi connectivity index (χ4n) is 4.64. The van der Waals surface area contributed by atoms with Gasteiger partial charge in [-0.15, -0.1) is 11.3 Å². The highest BCUT2D eigenvalue weighted by Gasteiger charge is 2.59. The first-order valence-corrected chi connectivity index (χ1v) is 11.0. The van der Waals surface area contributed by atoms with Gasteiger partial charge in [-0.2, -0.15) is 0 Å². The molecule has 1 aliphatic heterocycles. The van der Waals surface area contributed by atoms with Crippen molar-refractivity contribution >= 4 is 23.2 Å². The lowest BCUT2D eigenvalue weighted by atomic mass is 10.2. The van der Waals surface area contributed by atoms with Crippen LogP contribution in [0, 0.1) is 17.7 Å². The predicted octanol–water partition coefficient (Wildman–Crippen LogP) is 2.18. The van der Waals surface area contributed by atoms with Crippen molar-refractivity contribution in [1.82, 2.24) is 19.4 Å². The summed E-state index contributed by atoms with van der Waals surface area (Å²) in [7, 11) is 3.58. The monoisotopic (exact) mass is 439 g/mol. The fraction of sp³-hybridized carbons (Fsp3) is 0.364. The lowest BCUT2D eigenvalue weighted by Crippen LogP contribution is -2.38. The second-order valence-corrected chi connectivity index (χ2v) is 9.21. The molecule has 7 nitrogen and oxygen atoms in total. The summed E-state index contributed by atoms with van der Waals surface area (Å²) in [5.41, 5.74) is 0.300. The van der Waals surface area contributed by atoms with Gasteiger partial charge in [0.15, 0.2) is 5.82 Å². The van der Waals surface area contributed by atoms with Crippen molar-refractivity contribution in [3.63, 3.8) is 0 Å². The Morgan fingerprint density at radius 3 is 2.77 bits per heavy atom. The van der Waals surface area contributed by atoms with Gasteiger partial charge in [0.2, 0.25) is 11.9 Å². The smallest absolute Gasteiger partial charge is 0.255 e. The van der Waals surface area contributed by atoms with Gasteiger partial charge >= 0.3 is 0 Å². The molecule has 4 heterocycles. The highest BCUT2D eigenvalue weighted by Crippen LogP contribution is 2.49. The number of nitrogens with zero attached hydrogens (tertiary/aromatic N) is 5. The number of hydrogen-bond acceptors (Lipinski definition) is 6. The zero-order valence-electron chi connectivity index (χ0n) is 17.2. The molecule has 0 N–H and O–H groups in total. The van der Waals surface area contributed by atoms with E-state index in [9.17, 15) is 14.0 Å². The van der Waals surface area contributed by atoms with E-state index in [2.05, 4.69) is 9.97 Å². The van der Waals surface area contributed by atoms with Crippen molar-refractivity contribution in [2.45, 2.75) is 12.5 Å². The number of anilines is 1. The van der Waals surface area contributed by atoms with E-state index < -0.39 is 5.82 Å². The van der Waals surface area contributed by atoms with E-state index in [4.69, 9.17) is 0 Å². The van der Waals surface area contributed by atoms with Crippen LogP contribution in [0.2, 0.25) is 0 Å². The number of rotatable bonds is 5. The van der Waals surface area contributed by atoms with Crippen molar-refractivity contribution in [2.24, 2.45) is 18.9 Å². The number of piperidine rings is 1. The number of pyridine rings is 1. The summed E-state index contributed by atoms with van der Waals surface area (Å²) < 4.78 is 15.7. The second kappa shape index (κ2) is 7.56. The van der Waals surface area contributed by atoms with Gasteiger partial charge in [0.1, 0.15) is 0 Å². The molecule has 2 atom stereocenters. The first kappa shape index (κ1) is 19.9. The molecule has 160 valence electrons. The lowest BCUT2D eigenvalue weighted by molar-refractivity contribution is -0.129. The summed E-state index contributed by atoms with van der Waals surface area (Å²) in [5.74, 6) is 0.859. The van der Waals surface area contributed by atoms with Crippen molar-refractivity contribution in [1.29, 1.82) is 0 Å². The van der Waals surface area contributed by atoms with E-state index in [1.165, 1.54) is 22.9 Å². The number of aromatic nitrogens is 3. The molecule has 0 bridgehead atoms. The first-order valence-electron chi connectivity index (χ1n) is 10.1. The highest BCUT2D eigenvalue weighted by molar-refractivity contribution is 7.10. The van der Waals surface area contributed by atoms with Gasteiger partial charge in [0.05, 0.1) is 18.3 Å². The van der Waals surface area contributed by atoms with E-state index in [-0.39, 0.29) is 23.1 Å². The van der Waals surface area contributed by atoms with Gasteiger partial charge in [-0.1, -0.05) is 6.07 Å². The number of hydrogen-bond donors (Lipinski definition) is 0. The standard InChI is InChI=1S/C22H22FN5O2S/c1-26-19(29)9-18(14-5-6-24-10-17(14)23)25-22(26)27(2)21-15-11-28(12-16(15)21)20(30)8-13-4-3-7-31-13/h3-7,9-10,15-16,21H,8,11-12H2,1-2H3. The van der Waals surface area contributed by atoms with E-state index in [1.807, 2.05) is 34.4 Å². The largest absolute Gasteiger partial charge is 0.342 e. The maximum Gasteiger partial charge on any atom is 0.255 e. The SMILES string of the molecule is CN(c1nc(-c2ccncc2F)cc(=O)n1C)C1C2CN(C(=O)Cc3cccs3)CC21. The normalized spacial score (nSPS) is 21.8. The Bertz CT molecular complexity index is 1180. The van der Waals surface area contributed by atoms with Gasteiger partial charge in [-0.3, -0.25) is 19.1 Å². The lowest BCUT2D eigenvalue weighted by Gasteiger charge is -2.26. The molecule has 2 fully saturated rings. The Hall–Kier alpha value is -3.07. The molecule has 5 rings (SSSR count). The molecule has 31 heavy (non-hydrogen) atoms. The Morgan fingerprint density at radius 2 is 2.10 bits per heavy atom. The molecular formula is C22H22FN5O2S. The molecule has 3 aromatic heterocycles. The average Bonchev–Trinajstić information content (AvgIpc) is 3.11. The summed E-state index contributed by atoms with van der Waals surface area (Å²) in [6.45, 7) is 1.44. The van der Waals surface area contributed by atoms with Crippen molar-refractivity contribution < 1.29 is 9.18 Å². The molecule has 9 heteroatoms. The van der Waals surface area contributed by atoms with Crippen LogP contribution in [0.25, 0.3) is 11.3 Å². The number of carbonyl (C=O) groups excluding carboxylic acids is 1. The Balaban J connectivity index is 1.32. The topological polar surface area (TPSA) is 71.3 Å². The van der Waals surface area contributed by atoms with Crippen LogP contribution in [0.1, 0.15) is 4.88 Å². The summed E-state index contributed by atoms with van der Waals surface area (Å²) in [5, 5.41) is 1.98. The molecule has 0 spiro atoms. The zero-order chi connectivity index (χ0) is 21.7. The Morgan fingerprint density at radius 1 is 1.32 bits per heavy atom. The van der Waals surface area contributed by atoms with Crippen LogP contribution in [-0.2, 0) is 18.3 Å². The van der Waals surface area contributed by atoms with Crippen LogP contribution in [-0.4, -0.2) is 51.5 Å². The number of halogens is 1. The third kappa shape index (κ3) is 3.52. The minimum Gasteiger partial charge on any atom is -0.342 e. The van der Waals surface area contributed by atoms with E-state index in [0.29, 0.717) is 29.9 Å². The van der Waals surface area contributed by atoms with Gasteiger partial charge in [0.25, 0.3) is 5.56 Å². The van der Waals surface area contributed by atoms with E-state index in [0.717, 1.165) is 24.2 Å². The van der Waals surface area contributed by atoms with Crippen molar-refractivity contribution in [3.8, 4) is 11.3 Å². The number of likely N-dealkylation sites (tertiary alicyclic amines) is 1. The molecule has 1 saturated heterocycles. The van der Waals surface area contributed by atoms with Crippen LogP contribution < -0.4 is 10.5 Å². The maximum atomic E-state index is 14.2. The molecule has 3 aromatic rings. The second-order valence-electron chi connectivity index (χ2n) is 8.18. The van der Waals surface area contributed by atoms with E-state index >= 15 is 0 Å². The molecule has 1 aliphatic carbocycles. The molecular weight excluding hydrogens is 417 g/mol. The summed E-state index contributed by atoms with van der Waals surface area (Å²) >= 11 is 1.60. The number of amides is 1. The van der Waals surface area contributed by atoms with Crippen molar-refractivity contribution in [2.75, 3.05) is 25.0 Å². The van der Waals surface area contributed by atoms with Crippen molar-refractivity contribution in [3.05, 3.63) is 63.1 Å². The quantitative estimate of drug-likeness (QED) is 0.610. The summed E-state index contributed by atoms with van der Waals surface area (Å²) in [4.78, 5) is 38.5. The van der Waals surface area contributed by atoms with Gasteiger partial charge in [-0.05, 0) is 17.5 Å². The predicted molar refractivity (Wildman–Crippen MR) is 116 cm³/mol. The minimum atomic E-state index is -0.514. The Labute approximate surface area is 182 Å². The third-order valence-corrected chi connectivity index (χ3v) is 7.21. The number of thiophene rings is 1. The molecule has 1 amide bonds. The minimum absolute atomic E-state index is 0.164. The Kier molecular flexibility index (Phi) is 4.85. The van der Waals surface area contributed by atoms with Crippen LogP contribution in [0.4, 0.5) is 10.3 Å². The fourth-order valence-corrected chi connectivity index (χ4v) is 5.34. The number of carbonyl (C=O) groups is 1. The van der Waals surface area contributed by atoms with E-state index in [1.54, 1.807) is 18.4 Å². The van der Waals surface area contributed by atoms with Crippen LogP contribution in [0.3, 0.4) is 0 Å².